The number of hydrogen-bond acceptors (Lipinski definition) is 5. The smallest absolute Gasteiger partial charge is 0.277 e. The molecule has 3 aromatic rings. The van der Waals surface area contributed by atoms with Crippen molar-refractivity contribution >= 4 is 11.8 Å². The molecule has 24 heavy (non-hydrogen) atoms. The maximum atomic E-state index is 12.8. The normalized spacial score (nSPS) is 11.6. The number of tetrazole rings is 1. The second kappa shape index (κ2) is 7.08. The van der Waals surface area contributed by atoms with E-state index in [2.05, 4.69) is 34.4 Å². The first-order valence-electron chi connectivity index (χ1n) is 7.37. The van der Waals surface area contributed by atoms with Crippen molar-refractivity contribution in [3.8, 4) is 5.69 Å². The Morgan fingerprint density at radius 1 is 1.17 bits per heavy atom. The lowest BCUT2D eigenvalue weighted by atomic mass is 10.0. The van der Waals surface area contributed by atoms with Crippen molar-refractivity contribution < 1.29 is 8.78 Å². The third-order valence-electron chi connectivity index (χ3n) is 3.53. The van der Waals surface area contributed by atoms with Gasteiger partial charge in [0.1, 0.15) is 5.82 Å². The van der Waals surface area contributed by atoms with E-state index < -0.39 is 6.55 Å². The van der Waals surface area contributed by atoms with Gasteiger partial charge in [-0.15, -0.1) is 5.10 Å². The van der Waals surface area contributed by atoms with Crippen LogP contribution in [0.5, 0.6) is 0 Å². The molecule has 0 amide bonds. The fraction of sp³-hybridized carbons (Fsp3) is 0.333. The Hall–Kier alpha value is -2.29. The van der Waals surface area contributed by atoms with Crippen LogP contribution in [0.4, 0.5) is 8.78 Å². The molecule has 0 saturated heterocycles. The monoisotopic (exact) mass is 350 g/mol. The van der Waals surface area contributed by atoms with Crippen molar-refractivity contribution in [2.45, 2.75) is 37.2 Å². The average molecular weight is 350 g/mol. The van der Waals surface area contributed by atoms with Crippen LogP contribution >= 0.6 is 11.8 Å². The van der Waals surface area contributed by atoms with E-state index in [-0.39, 0.29) is 11.6 Å². The second-order valence-electron chi connectivity index (χ2n) is 5.44. The molecule has 1 aromatic carbocycles. The summed E-state index contributed by atoms with van der Waals surface area (Å²) in [7, 11) is 0. The number of hydrogen-bond donors (Lipinski definition) is 0. The molecule has 0 aliphatic carbocycles. The summed E-state index contributed by atoms with van der Waals surface area (Å²) in [5, 5.41) is 12.1. The predicted octanol–water partition coefficient (Wildman–Crippen LogP) is 3.67. The van der Waals surface area contributed by atoms with Crippen LogP contribution in [0, 0.1) is 0 Å². The van der Waals surface area contributed by atoms with Crippen LogP contribution in [0.3, 0.4) is 0 Å². The highest BCUT2D eigenvalue weighted by molar-refractivity contribution is 7.98. The van der Waals surface area contributed by atoms with Crippen molar-refractivity contribution in [2.24, 2.45) is 0 Å². The number of imidazole rings is 1. The number of halogens is 2. The van der Waals surface area contributed by atoms with Crippen LogP contribution < -0.4 is 0 Å². The van der Waals surface area contributed by atoms with Gasteiger partial charge in [-0.3, -0.25) is 4.57 Å². The van der Waals surface area contributed by atoms with Crippen LogP contribution in [-0.4, -0.2) is 29.8 Å². The number of aromatic nitrogens is 6. The number of rotatable bonds is 6. The standard InChI is InChI=1S/C15H16F2N6S/c1-10(2)11-3-5-12(6-4-11)23-15(19-20-21-23)24-9-13-18-7-8-22(13)14(16)17/h3-8,10,14H,9H2,1-2H3. The summed E-state index contributed by atoms with van der Waals surface area (Å²) in [6.45, 7) is 1.64. The van der Waals surface area contributed by atoms with Gasteiger partial charge in [-0.25, -0.2) is 4.98 Å². The van der Waals surface area contributed by atoms with Crippen LogP contribution in [0.1, 0.15) is 37.7 Å². The highest BCUT2D eigenvalue weighted by Gasteiger charge is 2.14. The van der Waals surface area contributed by atoms with Crippen LogP contribution in [0.2, 0.25) is 0 Å². The van der Waals surface area contributed by atoms with Gasteiger partial charge >= 0.3 is 6.55 Å². The quantitative estimate of drug-likeness (QED) is 0.635. The Kier molecular flexibility index (Phi) is 4.89. The Balaban J connectivity index is 1.77. The number of alkyl halides is 2. The summed E-state index contributed by atoms with van der Waals surface area (Å²) in [5.41, 5.74) is 2.05. The SMILES string of the molecule is CC(C)c1ccc(-n2nnnc2SCc2nccn2C(F)F)cc1. The maximum Gasteiger partial charge on any atom is 0.319 e. The van der Waals surface area contributed by atoms with E-state index >= 15 is 0 Å². The molecule has 2 aromatic heterocycles. The van der Waals surface area contributed by atoms with E-state index in [0.717, 1.165) is 10.3 Å². The first-order valence-corrected chi connectivity index (χ1v) is 8.36. The van der Waals surface area contributed by atoms with Crippen molar-refractivity contribution in [1.29, 1.82) is 0 Å². The predicted molar refractivity (Wildman–Crippen MR) is 86.3 cm³/mol. The minimum Gasteiger partial charge on any atom is -0.277 e. The van der Waals surface area contributed by atoms with E-state index in [4.69, 9.17) is 0 Å². The number of benzene rings is 1. The summed E-state index contributed by atoms with van der Waals surface area (Å²) >= 11 is 1.26. The van der Waals surface area contributed by atoms with Gasteiger partial charge in [0.2, 0.25) is 5.16 Å². The molecular formula is C15H16F2N6S. The third-order valence-corrected chi connectivity index (χ3v) is 4.45. The molecule has 0 aliphatic heterocycles. The molecule has 0 bridgehead atoms. The lowest BCUT2D eigenvalue weighted by Gasteiger charge is -2.08. The highest BCUT2D eigenvalue weighted by Crippen LogP contribution is 2.24. The Bertz CT molecular complexity index is 796. The summed E-state index contributed by atoms with van der Waals surface area (Å²) in [6.07, 6.45) is 2.61. The molecule has 0 unspecified atom stereocenters. The van der Waals surface area contributed by atoms with E-state index in [1.54, 1.807) is 4.68 Å². The molecule has 3 rings (SSSR count). The molecule has 0 saturated carbocycles. The summed E-state index contributed by atoms with van der Waals surface area (Å²) in [5.74, 6) is 0.969. The molecule has 6 nitrogen and oxygen atoms in total. The molecule has 126 valence electrons. The third kappa shape index (κ3) is 3.45. The van der Waals surface area contributed by atoms with Gasteiger partial charge in [-0.05, 0) is 34.0 Å². The zero-order valence-corrected chi connectivity index (χ0v) is 14.0. The molecule has 0 fully saturated rings. The minimum atomic E-state index is -2.61. The Labute approximate surface area is 141 Å². The first-order chi connectivity index (χ1) is 11.6. The Morgan fingerprint density at radius 3 is 2.58 bits per heavy atom. The van der Waals surface area contributed by atoms with Crippen molar-refractivity contribution in [1.82, 2.24) is 29.8 Å². The zero-order valence-electron chi connectivity index (χ0n) is 13.2. The van der Waals surface area contributed by atoms with Crippen LogP contribution in [0.25, 0.3) is 5.69 Å². The van der Waals surface area contributed by atoms with Gasteiger partial charge < -0.3 is 0 Å². The topological polar surface area (TPSA) is 61.4 Å². The lowest BCUT2D eigenvalue weighted by molar-refractivity contribution is 0.0678. The molecule has 0 spiro atoms. The van der Waals surface area contributed by atoms with Gasteiger partial charge in [0.15, 0.2) is 0 Å². The average Bonchev–Trinajstić information content (AvgIpc) is 3.22. The first kappa shape index (κ1) is 16.6. The van der Waals surface area contributed by atoms with E-state index in [1.807, 2.05) is 24.3 Å². The van der Waals surface area contributed by atoms with E-state index in [1.165, 1.54) is 29.7 Å². The number of thioether (sulfide) groups is 1. The Morgan fingerprint density at radius 2 is 1.92 bits per heavy atom. The molecular weight excluding hydrogens is 334 g/mol. The van der Waals surface area contributed by atoms with Crippen molar-refractivity contribution in [2.75, 3.05) is 0 Å². The fourth-order valence-corrected chi connectivity index (χ4v) is 3.03. The van der Waals surface area contributed by atoms with E-state index in [9.17, 15) is 8.78 Å². The lowest BCUT2D eigenvalue weighted by Crippen LogP contribution is -2.03. The number of nitrogens with zero attached hydrogens (tertiary/aromatic N) is 6. The summed E-state index contributed by atoms with van der Waals surface area (Å²) in [6, 6.07) is 7.94. The molecule has 2 heterocycles. The van der Waals surface area contributed by atoms with Gasteiger partial charge in [0.05, 0.1) is 11.4 Å². The van der Waals surface area contributed by atoms with Gasteiger partial charge in [-0.1, -0.05) is 37.7 Å². The molecule has 9 heteroatoms. The zero-order chi connectivity index (χ0) is 17.1. The van der Waals surface area contributed by atoms with Crippen LogP contribution in [0.15, 0.2) is 41.8 Å². The van der Waals surface area contributed by atoms with Gasteiger partial charge in [0.25, 0.3) is 0 Å². The molecule has 0 aliphatic rings. The van der Waals surface area contributed by atoms with Crippen molar-refractivity contribution in [3.63, 3.8) is 0 Å². The molecule has 0 N–H and O–H groups in total. The largest absolute Gasteiger partial charge is 0.319 e. The highest BCUT2D eigenvalue weighted by atomic mass is 32.2. The summed E-state index contributed by atoms with van der Waals surface area (Å²) < 4.78 is 28.1. The van der Waals surface area contributed by atoms with Crippen LogP contribution in [-0.2, 0) is 5.75 Å². The van der Waals surface area contributed by atoms with Crippen molar-refractivity contribution in [3.05, 3.63) is 48.0 Å². The van der Waals surface area contributed by atoms with Gasteiger partial charge in [0, 0.05) is 12.4 Å². The molecule has 0 radical (unpaired) electrons. The van der Waals surface area contributed by atoms with E-state index in [0.29, 0.717) is 11.1 Å². The fourth-order valence-electron chi connectivity index (χ4n) is 2.19. The minimum absolute atomic E-state index is 0.252. The second-order valence-corrected chi connectivity index (χ2v) is 6.38. The molecule has 0 atom stereocenters. The maximum absolute atomic E-state index is 12.8. The van der Waals surface area contributed by atoms with Gasteiger partial charge in [-0.2, -0.15) is 13.5 Å². The summed E-state index contributed by atoms with van der Waals surface area (Å²) in [4.78, 5) is 3.95.